The molecule has 0 spiro atoms. The van der Waals surface area contributed by atoms with Crippen molar-refractivity contribution in [3.8, 4) is 5.75 Å². The number of amides is 1. The molecule has 0 saturated carbocycles. The van der Waals surface area contributed by atoms with Crippen LogP contribution < -0.4 is 10.1 Å². The zero-order valence-corrected chi connectivity index (χ0v) is 8.74. The van der Waals surface area contributed by atoms with Crippen LogP contribution in [0.1, 0.15) is 12.5 Å². The molecule has 1 N–H and O–H groups in total. The highest BCUT2D eigenvalue weighted by atomic mass is 16.6. The van der Waals surface area contributed by atoms with Gasteiger partial charge in [0.15, 0.2) is 5.60 Å². The van der Waals surface area contributed by atoms with Gasteiger partial charge in [0.05, 0.1) is 13.7 Å². The van der Waals surface area contributed by atoms with Crippen LogP contribution in [0.4, 0.5) is 4.79 Å². The Balaban J connectivity index is 2.40. The largest absolute Gasteiger partial charge is 0.496 e. The molecule has 1 fully saturated rings. The predicted octanol–water partition coefficient (Wildman–Crippen LogP) is 1.65. The summed E-state index contributed by atoms with van der Waals surface area (Å²) in [5.74, 6) is 0.733. The van der Waals surface area contributed by atoms with Gasteiger partial charge in [-0.25, -0.2) is 4.79 Å². The molecule has 1 saturated heterocycles. The van der Waals surface area contributed by atoms with Gasteiger partial charge in [-0.05, 0) is 13.0 Å². The second-order valence-corrected chi connectivity index (χ2v) is 3.67. The minimum Gasteiger partial charge on any atom is -0.496 e. The molecule has 1 unspecified atom stereocenters. The number of alkyl carbamates (subject to hydrolysis) is 1. The maximum atomic E-state index is 11.1. The summed E-state index contributed by atoms with van der Waals surface area (Å²) in [7, 11) is 1.60. The first-order valence-corrected chi connectivity index (χ1v) is 4.76. The van der Waals surface area contributed by atoms with E-state index in [9.17, 15) is 4.79 Å². The van der Waals surface area contributed by atoms with E-state index in [0.717, 1.165) is 11.3 Å². The standard InChI is InChI=1S/C11H13NO3/c1-11(7-12-10(13)15-11)8-5-3-4-6-9(8)14-2/h3-6H,7H2,1-2H3,(H,12,13). The maximum absolute atomic E-state index is 11.1. The van der Waals surface area contributed by atoms with Crippen molar-refractivity contribution in [3.63, 3.8) is 0 Å². The van der Waals surface area contributed by atoms with E-state index < -0.39 is 5.60 Å². The third kappa shape index (κ3) is 1.63. The Morgan fingerprint density at radius 2 is 2.20 bits per heavy atom. The summed E-state index contributed by atoms with van der Waals surface area (Å²) in [6.07, 6.45) is -0.386. The zero-order valence-electron chi connectivity index (χ0n) is 8.74. The Kier molecular flexibility index (Phi) is 2.26. The fourth-order valence-corrected chi connectivity index (χ4v) is 1.75. The Bertz CT molecular complexity index is 391. The second-order valence-electron chi connectivity index (χ2n) is 3.67. The van der Waals surface area contributed by atoms with Gasteiger partial charge in [-0.3, -0.25) is 0 Å². The fraction of sp³-hybridized carbons (Fsp3) is 0.364. The van der Waals surface area contributed by atoms with Gasteiger partial charge in [0.2, 0.25) is 0 Å². The number of methoxy groups -OCH3 is 1. The van der Waals surface area contributed by atoms with Crippen LogP contribution in [0.25, 0.3) is 0 Å². The SMILES string of the molecule is COc1ccccc1C1(C)CNC(=O)O1. The molecule has 4 heteroatoms. The number of carbonyl (C=O) groups excluding carboxylic acids is 1. The third-order valence-electron chi connectivity index (χ3n) is 2.56. The third-order valence-corrected chi connectivity index (χ3v) is 2.56. The van der Waals surface area contributed by atoms with Gasteiger partial charge in [-0.2, -0.15) is 0 Å². The van der Waals surface area contributed by atoms with Gasteiger partial charge < -0.3 is 14.8 Å². The van der Waals surface area contributed by atoms with E-state index in [1.54, 1.807) is 7.11 Å². The smallest absolute Gasteiger partial charge is 0.408 e. The van der Waals surface area contributed by atoms with Crippen molar-refractivity contribution in [1.29, 1.82) is 0 Å². The van der Waals surface area contributed by atoms with Gasteiger partial charge in [-0.1, -0.05) is 18.2 Å². The molecule has 1 aliphatic rings. The highest BCUT2D eigenvalue weighted by molar-refractivity contribution is 5.71. The summed E-state index contributed by atoms with van der Waals surface area (Å²) in [6.45, 7) is 2.33. The Labute approximate surface area is 88.2 Å². The molecule has 0 radical (unpaired) electrons. The molecule has 1 aromatic rings. The van der Waals surface area contributed by atoms with Crippen molar-refractivity contribution in [2.45, 2.75) is 12.5 Å². The summed E-state index contributed by atoms with van der Waals surface area (Å²) in [5, 5.41) is 2.64. The van der Waals surface area contributed by atoms with E-state index in [1.165, 1.54) is 0 Å². The van der Waals surface area contributed by atoms with Crippen LogP contribution in [0.2, 0.25) is 0 Å². The minimum absolute atomic E-state index is 0.386. The van der Waals surface area contributed by atoms with E-state index >= 15 is 0 Å². The Hall–Kier alpha value is -1.71. The fourth-order valence-electron chi connectivity index (χ4n) is 1.75. The quantitative estimate of drug-likeness (QED) is 0.802. The van der Waals surface area contributed by atoms with Gasteiger partial charge in [0, 0.05) is 5.56 Å². The lowest BCUT2D eigenvalue weighted by molar-refractivity contribution is 0.0683. The molecule has 1 atom stereocenters. The van der Waals surface area contributed by atoms with Crippen LogP contribution in [-0.4, -0.2) is 19.7 Å². The summed E-state index contributed by atoms with van der Waals surface area (Å²) < 4.78 is 10.5. The number of nitrogens with one attached hydrogen (secondary N) is 1. The molecule has 1 heterocycles. The number of cyclic esters (lactones) is 1. The molecular formula is C11H13NO3. The molecule has 0 bridgehead atoms. The normalized spacial score (nSPS) is 24.5. The zero-order chi connectivity index (χ0) is 10.9. The van der Waals surface area contributed by atoms with E-state index in [1.807, 2.05) is 31.2 Å². The van der Waals surface area contributed by atoms with Crippen LogP contribution in [0, 0.1) is 0 Å². The number of ether oxygens (including phenoxy) is 2. The van der Waals surface area contributed by atoms with E-state index in [2.05, 4.69) is 5.32 Å². The topological polar surface area (TPSA) is 47.6 Å². The molecule has 15 heavy (non-hydrogen) atoms. The highest BCUT2D eigenvalue weighted by Crippen LogP contribution is 2.34. The van der Waals surface area contributed by atoms with Crippen LogP contribution in [0.15, 0.2) is 24.3 Å². The lowest BCUT2D eigenvalue weighted by atomic mass is 9.95. The first-order valence-electron chi connectivity index (χ1n) is 4.76. The lowest BCUT2D eigenvalue weighted by Gasteiger charge is -2.23. The summed E-state index contributed by atoms with van der Waals surface area (Å²) in [6, 6.07) is 7.54. The van der Waals surface area contributed by atoms with Crippen molar-refractivity contribution in [2.24, 2.45) is 0 Å². The number of benzene rings is 1. The number of hydrogen-bond acceptors (Lipinski definition) is 3. The van der Waals surface area contributed by atoms with Crippen LogP contribution in [0.3, 0.4) is 0 Å². The van der Waals surface area contributed by atoms with Gasteiger partial charge in [0.25, 0.3) is 0 Å². The predicted molar refractivity (Wildman–Crippen MR) is 54.8 cm³/mol. The molecule has 1 amide bonds. The summed E-state index contributed by atoms with van der Waals surface area (Å²) >= 11 is 0. The van der Waals surface area contributed by atoms with Gasteiger partial charge in [0.1, 0.15) is 5.75 Å². The minimum atomic E-state index is -0.635. The molecular weight excluding hydrogens is 194 g/mol. The van der Waals surface area contributed by atoms with Gasteiger partial charge in [-0.15, -0.1) is 0 Å². The van der Waals surface area contributed by atoms with Crippen molar-refractivity contribution in [1.82, 2.24) is 5.32 Å². The molecule has 1 aromatic carbocycles. The molecule has 0 aliphatic carbocycles. The van der Waals surface area contributed by atoms with E-state index in [4.69, 9.17) is 9.47 Å². The van der Waals surface area contributed by atoms with Crippen LogP contribution in [-0.2, 0) is 10.3 Å². The molecule has 80 valence electrons. The van der Waals surface area contributed by atoms with Crippen molar-refractivity contribution in [3.05, 3.63) is 29.8 Å². The number of hydrogen-bond donors (Lipinski definition) is 1. The van der Waals surface area contributed by atoms with Crippen molar-refractivity contribution < 1.29 is 14.3 Å². The maximum Gasteiger partial charge on any atom is 0.408 e. The summed E-state index contributed by atoms with van der Waals surface area (Å²) in [5.41, 5.74) is 0.245. The van der Waals surface area contributed by atoms with E-state index in [0.29, 0.717) is 6.54 Å². The summed E-state index contributed by atoms with van der Waals surface area (Å²) in [4.78, 5) is 11.1. The Morgan fingerprint density at radius 3 is 2.80 bits per heavy atom. The second kappa shape index (κ2) is 3.46. The van der Waals surface area contributed by atoms with Crippen molar-refractivity contribution in [2.75, 3.05) is 13.7 Å². The molecule has 2 rings (SSSR count). The number of carbonyl (C=O) groups is 1. The van der Waals surface area contributed by atoms with Crippen LogP contribution >= 0.6 is 0 Å². The first-order chi connectivity index (χ1) is 7.15. The average Bonchev–Trinajstić information content (AvgIpc) is 2.60. The Morgan fingerprint density at radius 1 is 1.47 bits per heavy atom. The first kappa shape index (κ1) is 9.83. The lowest BCUT2D eigenvalue weighted by Crippen LogP contribution is -2.26. The monoisotopic (exact) mass is 207 g/mol. The van der Waals surface area contributed by atoms with Gasteiger partial charge >= 0.3 is 6.09 Å². The number of para-hydroxylation sites is 1. The molecule has 0 aromatic heterocycles. The highest BCUT2D eigenvalue weighted by Gasteiger charge is 2.39. The molecule has 1 aliphatic heterocycles. The number of rotatable bonds is 2. The molecule has 4 nitrogen and oxygen atoms in total. The van der Waals surface area contributed by atoms with Crippen LogP contribution in [0.5, 0.6) is 5.75 Å². The van der Waals surface area contributed by atoms with E-state index in [-0.39, 0.29) is 6.09 Å². The van der Waals surface area contributed by atoms with Crippen molar-refractivity contribution >= 4 is 6.09 Å². The average molecular weight is 207 g/mol.